The first-order valence-electron chi connectivity index (χ1n) is 5.11. The van der Waals surface area contributed by atoms with Crippen molar-refractivity contribution in [2.45, 2.75) is 44.6 Å². The summed E-state index contributed by atoms with van der Waals surface area (Å²) in [7, 11) is 2.28. The number of hydrogen-bond acceptors (Lipinski definition) is 1. The van der Waals surface area contributed by atoms with Crippen LogP contribution in [0.25, 0.3) is 0 Å². The average molecular weight is 234 g/mol. The summed E-state index contributed by atoms with van der Waals surface area (Å²) in [4.78, 5) is 2.54. The molecule has 0 heterocycles. The van der Waals surface area contributed by atoms with Gasteiger partial charge in [0.1, 0.15) is 0 Å². The van der Waals surface area contributed by atoms with Crippen LogP contribution < -0.4 is 0 Å². The molecule has 0 aromatic carbocycles. The van der Waals surface area contributed by atoms with Crippen molar-refractivity contribution in [3.63, 3.8) is 0 Å². The predicted molar refractivity (Wildman–Crippen MR) is 57.9 cm³/mol. The standard InChI is InChI=1S/C10H20BrN/c1-12(10-6-5-7-10)9-4-2-3-8-11/h10H,2-9H2,1H3. The highest BCUT2D eigenvalue weighted by atomic mass is 79.9. The average Bonchev–Trinajstić information content (AvgIpc) is 1.95. The summed E-state index contributed by atoms with van der Waals surface area (Å²) in [5.41, 5.74) is 0. The van der Waals surface area contributed by atoms with Gasteiger partial charge < -0.3 is 4.90 Å². The van der Waals surface area contributed by atoms with Gasteiger partial charge in [-0.25, -0.2) is 0 Å². The van der Waals surface area contributed by atoms with Crippen LogP contribution in [0.4, 0.5) is 0 Å². The maximum atomic E-state index is 3.46. The minimum absolute atomic E-state index is 0.925. The Balaban J connectivity index is 1.91. The molecule has 0 aliphatic heterocycles. The van der Waals surface area contributed by atoms with Gasteiger partial charge in [0.2, 0.25) is 0 Å². The largest absolute Gasteiger partial charge is 0.303 e. The van der Waals surface area contributed by atoms with Gasteiger partial charge >= 0.3 is 0 Å². The molecule has 1 saturated carbocycles. The van der Waals surface area contributed by atoms with E-state index in [2.05, 4.69) is 27.9 Å². The zero-order valence-corrected chi connectivity index (χ0v) is 9.65. The number of unbranched alkanes of at least 4 members (excludes halogenated alkanes) is 2. The molecule has 1 fully saturated rings. The molecule has 12 heavy (non-hydrogen) atoms. The molecule has 1 nitrogen and oxygen atoms in total. The first kappa shape index (κ1) is 10.5. The fourth-order valence-electron chi connectivity index (χ4n) is 1.64. The van der Waals surface area contributed by atoms with Crippen molar-refractivity contribution in [2.24, 2.45) is 0 Å². The Hall–Kier alpha value is 0.440. The lowest BCUT2D eigenvalue weighted by Gasteiger charge is -2.34. The second-order valence-corrected chi connectivity index (χ2v) is 4.61. The van der Waals surface area contributed by atoms with Gasteiger partial charge in [0.05, 0.1) is 0 Å². The Labute approximate surface area is 84.6 Å². The minimum atomic E-state index is 0.925. The SMILES string of the molecule is CN(CCCCCBr)C1CCC1. The van der Waals surface area contributed by atoms with E-state index in [1.807, 2.05) is 0 Å². The van der Waals surface area contributed by atoms with E-state index < -0.39 is 0 Å². The van der Waals surface area contributed by atoms with Gasteiger partial charge in [0.25, 0.3) is 0 Å². The predicted octanol–water partition coefficient (Wildman–Crippen LogP) is 3.04. The fourth-order valence-corrected chi connectivity index (χ4v) is 2.04. The number of nitrogens with zero attached hydrogens (tertiary/aromatic N) is 1. The van der Waals surface area contributed by atoms with Crippen molar-refractivity contribution in [3.8, 4) is 0 Å². The lowest BCUT2D eigenvalue weighted by Crippen LogP contribution is -2.37. The van der Waals surface area contributed by atoms with E-state index in [1.54, 1.807) is 0 Å². The molecule has 0 bridgehead atoms. The van der Waals surface area contributed by atoms with Gasteiger partial charge in [0, 0.05) is 11.4 Å². The summed E-state index contributed by atoms with van der Waals surface area (Å²) < 4.78 is 0. The summed E-state index contributed by atoms with van der Waals surface area (Å²) in [5.74, 6) is 0. The summed E-state index contributed by atoms with van der Waals surface area (Å²) in [5, 5.41) is 1.17. The van der Waals surface area contributed by atoms with Gasteiger partial charge in [-0.2, -0.15) is 0 Å². The lowest BCUT2D eigenvalue weighted by atomic mass is 9.92. The molecule has 2 heteroatoms. The summed E-state index contributed by atoms with van der Waals surface area (Å²) in [6.45, 7) is 1.30. The zero-order valence-electron chi connectivity index (χ0n) is 8.06. The molecule has 0 aromatic heterocycles. The molecule has 0 amide bonds. The Morgan fingerprint density at radius 2 is 2.00 bits per heavy atom. The van der Waals surface area contributed by atoms with Crippen LogP contribution in [0.15, 0.2) is 0 Å². The van der Waals surface area contributed by atoms with E-state index in [0.717, 1.165) is 6.04 Å². The summed E-state index contributed by atoms with van der Waals surface area (Å²) in [6, 6.07) is 0.925. The van der Waals surface area contributed by atoms with Crippen molar-refractivity contribution in [1.29, 1.82) is 0 Å². The van der Waals surface area contributed by atoms with Gasteiger partial charge in [-0.3, -0.25) is 0 Å². The highest BCUT2D eigenvalue weighted by Crippen LogP contribution is 2.23. The molecular weight excluding hydrogens is 214 g/mol. The van der Waals surface area contributed by atoms with Gasteiger partial charge in [-0.05, 0) is 39.3 Å². The fraction of sp³-hybridized carbons (Fsp3) is 1.00. The highest BCUT2D eigenvalue weighted by molar-refractivity contribution is 9.09. The third kappa shape index (κ3) is 3.44. The van der Waals surface area contributed by atoms with E-state index in [9.17, 15) is 0 Å². The van der Waals surface area contributed by atoms with Crippen molar-refractivity contribution in [2.75, 3.05) is 18.9 Å². The molecule has 0 atom stereocenters. The second-order valence-electron chi connectivity index (χ2n) is 3.81. The van der Waals surface area contributed by atoms with E-state index >= 15 is 0 Å². The minimum Gasteiger partial charge on any atom is -0.303 e. The van der Waals surface area contributed by atoms with Gasteiger partial charge in [0.15, 0.2) is 0 Å². The quantitative estimate of drug-likeness (QED) is 0.504. The lowest BCUT2D eigenvalue weighted by molar-refractivity contribution is 0.157. The normalized spacial score (nSPS) is 18.2. The summed E-state index contributed by atoms with van der Waals surface area (Å²) >= 11 is 3.46. The van der Waals surface area contributed by atoms with Crippen LogP contribution in [0.2, 0.25) is 0 Å². The molecule has 1 aliphatic rings. The van der Waals surface area contributed by atoms with Crippen molar-refractivity contribution in [1.82, 2.24) is 4.90 Å². The highest BCUT2D eigenvalue weighted by Gasteiger charge is 2.20. The number of halogens is 1. The number of rotatable bonds is 6. The molecule has 0 aromatic rings. The first-order chi connectivity index (χ1) is 5.84. The van der Waals surface area contributed by atoms with Crippen LogP contribution in [-0.2, 0) is 0 Å². The van der Waals surface area contributed by atoms with E-state index in [1.165, 1.54) is 50.4 Å². The Bertz CT molecular complexity index is 112. The van der Waals surface area contributed by atoms with Crippen LogP contribution in [0.3, 0.4) is 0 Å². The number of alkyl halides is 1. The van der Waals surface area contributed by atoms with Crippen molar-refractivity contribution >= 4 is 15.9 Å². The van der Waals surface area contributed by atoms with Gasteiger partial charge in [-0.1, -0.05) is 28.8 Å². The van der Waals surface area contributed by atoms with Crippen LogP contribution in [-0.4, -0.2) is 29.9 Å². The smallest absolute Gasteiger partial charge is 0.00922 e. The Morgan fingerprint density at radius 1 is 1.25 bits per heavy atom. The van der Waals surface area contributed by atoms with Crippen molar-refractivity contribution < 1.29 is 0 Å². The molecule has 0 saturated heterocycles. The van der Waals surface area contributed by atoms with Crippen LogP contribution in [0, 0.1) is 0 Å². The van der Waals surface area contributed by atoms with E-state index in [0.29, 0.717) is 0 Å². The Morgan fingerprint density at radius 3 is 2.50 bits per heavy atom. The second kappa shape index (κ2) is 5.98. The number of hydrogen-bond donors (Lipinski definition) is 0. The van der Waals surface area contributed by atoms with Gasteiger partial charge in [-0.15, -0.1) is 0 Å². The van der Waals surface area contributed by atoms with Crippen LogP contribution in [0.5, 0.6) is 0 Å². The third-order valence-corrected chi connectivity index (χ3v) is 3.40. The maximum absolute atomic E-state index is 3.46. The molecule has 72 valence electrons. The first-order valence-corrected chi connectivity index (χ1v) is 6.23. The molecule has 0 unspecified atom stereocenters. The molecule has 0 radical (unpaired) electrons. The van der Waals surface area contributed by atoms with E-state index in [-0.39, 0.29) is 0 Å². The molecule has 0 N–H and O–H groups in total. The topological polar surface area (TPSA) is 3.24 Å². The molecule has 0 spiro atoms. The van der Waals surface area contributed by atoms with Crippen molar-refractivity contribution in [3.05, 3.63) is 0 Å². The maximum Gasteiger partial charge on any atom is 0.00922 e. The monoisotopic (exact) mass is 233 g/mol. The molecular formula is C10H20BrN. The summed E-state index contributed by atoms with van der Waals surface area (Å²) in [6.07, 6.45) is 8.42. The van der Waals surface area contributed by atoms with Crippen LogP contribution in [0.1, 0.15) is 38.5 Å². The molecule has 1 aliphatic carbocycles. The Kier molecular flexibility index (Phi) is 5.24. The zero-order chi connectivity index (χ0) is 8.81. The third-order valence-electron chi connectivity index (χ3n) is 2.84. The van der Waals surface area contributed by atoms with Crippen LogP contribution >= 0.6 is 15.9 Å². The molecule has 1 rings (SSSR count). The van der Waals surface area contributed by atoms with E-state index in [4.69, 9.17) is 0 Å².